The molecular formula is C19H27N3O. The van der Waals surface area contributed by atoms with Gasteiger partial charge in [-0.1, -0.05) is 26.0 Å². The highest BCUT2D eigenvalue weighted by atomic mass is 16.5. The van der Waals surface area contributed by atoms with Crippen LogP contribution in [0.5, 0.6) is 5.75 Å². The van der Waals surface area contributed by atoms with Crippen LogP contribution in [0.4, 0.5) is 5.69 Å². The average Bonchev–Trinajstić information content (AvgIpc) is 2.54. The first-order valence-corrected chi connectivity index (χ1v) is 8.27. The van der Waals surface area contributed by atoms with Crippen LogP contribution in [0.25, 0.3) is 0 Å². The molecule has 0 amide bonds. The van der Waals surface area contributed by atoms with Gasteiger partial charge in [-0.15, -0.1) is 0 Å². The number of hydrogen-bond acceptors (Lipinski definition) is 4. The van der Waals surface area contributed by atoms with Crippen molar-refractivity contribution in [1.82, 2.24) is 10.3 Å². The third kappa shape index (κ3) is 6.28. The molecule has 4 heteroatoms. The van der Waals surface area contributed by atoms with E-state index in [4.69, 9.17) is 10.5 Å². The van der Waals surface area contributed by atoms with Crippen LogP contribution in [-0.2, 0) is 13.0 Å². The molecule has 1 heterocycles. The van der Waals surface area contributed by atoms with Crippen molar-refractivity contribution in [2.75, 3.05) is 18.9 Å². The number of aryl methyl sites for hydroxylation is 1. The lowest BCUT2D eigenvalue weighted by molar-refractivity contribution is 0.272. The SMILES string of the molecule is CC(C)COc1ccc(CCCNCc2ccccn2)cc1N. The number of pyridine rings is 1. The van der Waals surface area contributed by atoms with Gasteiger partial charge < -0.3 is 15.8 Å². The molecule has 1 aromatic heterocycles. The molecule has 0 aliphatic rings. The molecule has 0 aliphatic carbocycles. The van der Waals surface area contributed by atoms with E-state index in [9.17, 15) is 0 Å². The monoisotopic (exact) mass is 313 g/mol. The molecule has 0 spiro atoms. The van der Waals surface area contributed by atoms with Crippen molar-refractivity contribution < 1.29 is 4.74 Å². The van der Waals surface area contributed by atoms with E-state index in [-0.39, 0.29) is 0 Å². The van der Waals surface area contributed by atoms with Crippen molar-refractivity contribution in [3.63, 3.8) is 0 Å². The second-order valence-corrected chi connectivity index (χ2v) is 6.18. The van der Waals surface area contributed by atoms with Crippen LogP contribution in [0.15, 0.2) is 42.6 Å². The molecule has 2 rings (SSSR count). The molecular weight excluding hydrogens is 286 g/mol. The smallest absolute Gasteiger partial charge is 0.142 e. The van der Waals surface area contributed by atoms with Crippen LogP contribution in [0.3, 0.4) is 0 Å². The summed E-state index contributed by atoms with van der Waals surface area (Å²) in [7, 11) is 0. The summed E-state index contributed by atoms with van der Waals surface area (Å²) in [6.45, 7) is 6.72. The van der Waals surface area contributed by atoms with Gasteiger partial charge in [0, 0.05) is 12.7 Å². The Labute approximate surface area is 139 Å². The summed E-state index contributed by atoms with van der Waals surface area (Å²) >= 11 is 0. The Morgan fingerprint density at radius 3 is 2.78 bits per heavy atom. The normalized spacial score (nSPS) is 10.9. The number of rotatable bonds is 9. The van der Waals surface area contributed by atoms with Gasteiger partial charge in [0.1, 0.15) is 5.75 Å². The molecule has 23 heavy (non-hydrogen) atoms. The first kappa shape index (κ1) is 17.3. The Morgan fingerprint density at radius 2 is 2.09 bits per heavy atom. The van der Waals surface area contributed by atoms with E-state index in [1.807, 2.05) is 36.5 Å². The van der Waals surface area contributed by atoms with Crippen molar-refractivity contribution in [3.05, 3.63) is 53.9 Å². The number of ether oxygens (including phenoxy) is 1. The number of nitrogens with zero attached hydrogens (tertiary/aromatic N) is 1. The molecule has 0 aliphatic heterocycles. The highest BCUT2D eigenvalue weighted by Gasteiger charge is 2.03. The number of nitrogens with one attached hydrogen (secondary N) is 1. The summed E-state index contributed by atoms with van der Waals surface area (Å²) in [5.74, 6) is 1.29. The molecule has 3 N–H and O–H groups in total. The zero-order valence-electron chi connectivity index (χ0n) is 14.1. The standard InChI is InChI=1S/C19H27N3O/c1-15(2)14-23-19-9-8-16(12-18(19)20)6-5-10-21-13-17-7-3-4-11-22-17/h3-4,7-9,11-12,15,21H,5-6,10,13-14,20H2,1-2H3. The lowest BCUT2D eigenvalue weighted by Crippen LogP contribution is -2.16. The second kappa shape index (κ2) is 9.16. The minimum atomic E-state index is 0.499. The molecule has 0 saturated heterocycles. The highest BCUT2D eigenvalue weighted by molar-refractivity contribution is 5.54. The van der Waals surface area contributed by atoms with Crippen LogP contribution in [0.2, 0.25) is 0 Å². The van der Waals surface area contributed by atoms with Gasteiger partial charge in [-0.05, 0) is 55.1 Å². The summed E-state index contributed by atoms with van der Waals surface area (Å²) in [5, 5.41) is 3.41. The molecule has 0 radical (unpaired) electrons. The third-order valence-corrected chi connectivity index (χ3v) is 3.50. The molecule has 0 saturated carbocycles. The van der Waals surface area contributed by atoms with E-state index in [2.05, 4.69) is 30.2 Å². The Bertz CT molecular complexity index is 584. The topological polar surface area (TPSA) is 60.2 Å². The van der Waals surface area contributed by atoms with E-state index in [0.29, 0.717) is 12.5 Å². The number of benzene rings is 1. The summed E-state index contributed by atoms with van der Waals surface area (Å²) in [6.07, 6.45) is 3.89. The molecule has 124 valence electrons. The van der Waals surface area contributed by atoms with Gasteiger partial charge in [-0.2, -0.15) is 0 Å². The summed E-state index contributed by atoms with van der Waals surface area (Å²) in [5.41, 5.74) is 9.11. The predicted molar refractivity (Wildman–Crippen MR) is 95.5 cm³/mol. The largest absolute Gasteiger partial charge is 0.491 e. The predicted octanol–water partition coefficient (Wildman–Crippen LogP) is 3.42. The van der Waals surface area contributed by atoms with Gasteiger partial charge in [0.15, 0.2) is 0 Å². The molecule has 2 aromatic rings. The Kier molecular flexibility index (Phi) is 6.88. The van der Waals surface area contributed by atoms with Gasteiger partial charge >= 0.3 is 0 Å². The minimum absolute atomic E-state index is 0.499. The molecule has 0 atom stereocenters. The minimum Gasteiger partial charge on any atom is -0.491 e. The van der Waals surface area contributed by atoms with Crippen molar-refractivity contribution in [2.45, 2.75) is 33.2 Å². The maximum absolute atomic E-state index is 6.07. The Balaban J connectivity index is 1.70. The van der Waals surface area contributed by atoms with E-state index >= 15 is 0 Å². The van der Waals surface area contributed by atoms with Crippen molar-refractivity contribution in [1.29, 1.82) is 0 Å². The van der Waals surface area contributed by atoms with Gasteiger partial charge in [0.2, 0.25) is 0 Å². The van der Waals surface area contributed by atoms with Crippen molar-refractivity contribution in [2.24, 2.45) is 5.92 Å². The number of hydrogen-bond donors (Lipinski definition) is 2. The van der Waals surface area contributed by atoms with Crippen LogP contribution >= 0.6 is 0 Å². The van der Waals surface area contributed by atoms with Gasteiger partial charge in [-0.25, -0.2) is 0 Å². The van der Waals surface area contributed by atoms with Gasteiger partial charge in [0.05, 0.1) is 18.0 Å². The molecule has 0 unspecified atom stereocenters. The number of nitrogen functional groups attached to an aromatic ring is 1. The summed E-state index contributed by atoms with van der Waals surface area (Å²) < 4.78 is 5.70. The van der Waals surface area contributed by atoms with E-state index in [1.54, 1.807) is 0 Å². The molecule has 4 nitrogen and oxygen atoms in total. The maximum atomic E-state index is 6.07. The Hall–Kier alpha value is -2.07. The van der Waals surface area contributed by atoms with E-state index < -0.39 is 0 Å². The fourth-order valence-electron chi connectivity index (χ4n) is 2.28. The van der Waals surface area contributed by atoms with Gasteiger partial charge in [-0.3, -0.25) is 4.98 Å². The number of aromatic nitrogens is 1. The van der Waals surface area contributed by atoms with Crippen LogP contribution in [-0.4, -0.2) is 18.1 Å². The average molecular weight is 313 g/mol. The summed E-state index contributed by atoms with van der Waals surface area (Å²) in [6, 6.07) is 12.1. The third-order valence-electron chi connectivity index (χ3n) is 3.50. The molecule has 0 fully saturated rings. The quantitative estimate of drug-likeness (QED) is 0.550. The molecule has 0 bridgehead atoms. The van der Waals surface area contributed by atoms with E-state index in [0.717, 1.165) is 43.1 Å². The van der Waals surface area contributed by atoms with Crippen molar-refractivity contribution >= 4 is 5.69 Å². The summed E-state index contributed by atoms with van der Waals surface area (Å²) in [4.78, 5) is 4.29. The zero-order valence-corrected chi connectivity index (χ0v) is 14.1. The Morgan fingerprint density at radius 1 is 1.22 bits per heavy atom. The van der Waals surface area contributed by atoms with E-state index in [1.165, 1.54) is 5.56 Å². The number of anilines is 1. The van der Waals surface area contributed by atoms with Crippen molar-refractivity contribution in [3.8, 4) is 5.75 Å². The second-order valence-electron chi connectivity index (χ2n) is 6.18. The lowest BCUT2D eigenvalue weighted by atomic mass is 10.1. The first-order chi connectivity index (χ1) is 11.1. The van der Waals surface area contributed by atoms with Crippen LogP contribution < -0.4 is 15.8 Å². The van der Waals surface area contributed by atoms with Gasteiger partial charge in [0.25, 0.3) is 0 Å². The highest BCUT2D eigenvalue weighted by Crippen LogP contribution is 2.23. The zero-order chi connectivity index (χ0) is 16.5. The van der Waals surface area contributed by atoms with Crippen LogP contribution in [0.1, 0.15) is 31.5 Å². The fraction of sp³-hybridized carbons (Fsp3) is 0.421. The lowest BCUT2D eigenvalue weighted by Gasteiger charge is -2.12. The maximum Gasteiger partial charge on any atom is 0.142 e. The number of nitrogens with two attached hydrogens (primary N) is 1. The molecule has 1 aromatic carbocycles. The fourth-order valence-corrected chi connectivity index (χ4v) is 2.28. The first-order valence-electron chi connectivity index (χ1n) is 8.27. The van der Waals surface area contributed by atoms with Crippen LogP contribution in [0, 0.1) is 5.92 Å².